The number of carbonyl (C=O) groups is 4. The van der Waals surface area contributed by atoms with E-state index in [-0.39, 0.29) is 51.8 Å². The predicted octanol–water partition coefficient (Wildman–Crippen LogP) is 10.5. The molecule has 5 saturated carbocycles. The highest BCUT2D eigenvalue weighted by molar-refractivity contribution is 6.39. The SMILES string of the molecule is CC(C)C1=C2C3CC[C@@H]4[C@@]5(C)CCC(OC(=O)CC(C)(C)C(=O)O)C(C)(C)C5CC[C@@]4(C)[C@]3(C)CCC2(C(=O)C(=O)NC2(C3=CCC(C)(Cl)C=C3)CC2)CC1C. The number of fused-ring (bicyclic) bond motifs is 7. The fourth-order valence-electron chi connectivity index (χ4n) is 14.6. The first-order chi connectivity index (χ1) is 25.8. The van der Waals surface area contributed by atoms with Gasteiger partial charge in [-0.2, -0.15) is 0 Å². The van der Waals surface area contributed by atoms with Gasteiger partial charge < -0.3 is 15.2 Å². The highest BCUT2D eigenvalue weighted by Gasteiger charge is 2.71. The van der Waals surface area contributed by atoms with Crippen molar-refractivity contribution in [1.82, 2.24) is 5.32 Å². The molecule has 7 rings (SSSR count). The first kappa shape index (κ1) is 41.7. The lowest BCUT2D eigenvalue weighted by Crippen LogP contribution is -2.66. The second-order valence-corrected chi connectivity index (χ2v) is 23.2. The van der Waals surface area contributed by atoms with Gasteiger partial charge in [0, 0.05) is 5.41 Å². The maximum Gasteiger partial charge on any atom is 0.309 e. The summed E-state index contributed by atoms with van der Waals surface area (Å²) < 4.78 is 6.19. The van der Waals surface area contributed by atoms with Crippen LogP contribution in [-0.4, -0.2) is 45.3 Å². The van der Waals surface area contributed by atoms with Crippen LogP contribution in [0.3, 0.4) is 0 Å². The smallest absolute Gasteiger partial charge is 0.309 e. The van der Waals surface area contributed by atoms with Crippen LogP contribution < -0.4 is 5.32 Å². The van der Waals surface area contributed by atoms with Crippen LogP contribution in [0.4, 0.5) is 0 Å². The first-order valence-electron chi connectivity index (χ1n) is 21.9. The summed E-state index contributed by atoms with van der Waals surface area (Å²) in [6.07, 6.45) is 16.6. The number of ether oxygens (including phenoxy) is 1. The molecule has 6 unspecified atom stereocenters. The van der Waals surface area contributed by atoms with Crippen LogP contribution in [0, 0.1) is 62.1 Å². The van der Waals surface area contributed by atoms with Crippen LogP contribution in [-0.2, 0) is 23.9 Å². The van der Waals surface area contributed by atoms with Crippen LogP contribution in [0.1, 0.15) is 160 Å². The molecular formula is C48H70ClNO6. The number of aliphatic carboxylic acids is 1. The maximum absolute atomic E-state index is 15.0. The average molecular weight is 793 g/mol. The Hall–Kier alpha value is -2.41. The molecule has 10 atom stereocenters. The van der Waals surface area contributed by atoms with Crippen molar-refractivity contribution in [3.8, 4) is 0 Å². The predicted molar refractivity (Wildman–Crippen MR) is 221 cm³/mol. The van der Waals surface area contributed by atoms with Crippen LogP contribution in [0.2, 0.25) is 0 Å². The van der Waals surface area contributed by atoms with Crippen molar-refractivity contribution in [2.75, 3.05) is 0 Å². The summed E-state index contributed by atoms with van der Waals surface area (Å²) in [5, 5.41) is 12.9. The van der Waals surface area contributed by atoms with Gasteiger partial charge in [0.05, 0.1) is 27.7 Å². The molecule has 0 spiro atoms. The second-order valence-electron chi connectivity index (χ2n) is 22.4. The Kier molecular flexibility index (Phi) is 9.91. The molecule has 0 saturated heterocycles. The lowest BCUT2D eigenvalue weighted by atomic mass is 9.33. The molecule has 0 bridgehead atoms. The highest BCUT2D eigenvalue weighted by atomic mass is 35.5. The number of nitrogens with one attached hydrogen (secondary N) is 1. The summed E-state index contributed by atoms with van der Waals surface area (Å²) in [5.74, 6) is -0.391. The van der Waals surface area contributed by atoms with Gasteiger partial charge in [0.25, 0.3) is 5.91 Å². The van der Waals surface area contributed by atoms with Crippen molar-refractivity contribution in [1.29, 1.82) is 0 Å². The number of alkyl halides is 1. The minimum absolute atomic E-state index is 0.0246. The van der Waals surface area contributed by atoms with Crippen molar-refractivity contribution >= 4 is 35.2 Å². The van der Waals surface area contributed by atoms with E-state index >= 15 is 4.79 Å². The maximum atomic E-state index is 15.0. The topological polar surface area (TPSA) is 110 Å². The van der Waals surface area contributed by atoms with Crippen LogP contribution in [0.5, 0.6) is 0 Å². The quantitative estimate of drug-likeness (QED) is 0.104. The lowest BCUT2D eigenvalue weighted by molar-refractivity contribution is -0.233. The largest absolute Gasteiger partial charge is 0.481 e. The Morgan fingerprint density at radius 2 is 1.59 bits per heavy atom. The number of hydrogen-bond donors (Lipinski definition) is 2. The van der Waals surface area contributed by atoms with E-state index < -0.39 is 39.1 Å². The Balaban J connectivity index is 1.16. The lowest BCUT2D eigenvalue weighted by Gasteiger charge is -2.72. The van der Waals surface area contributed by atoms with Crippen LogP contribution in [0.25, 0.3) is 0 Å². The summed E-state index contributed by atoms with van der Waals surface area (Å²) in [5.41, 5.74) is 1.27. The number of Topliss-reactive ketones (excluding diaryl/α,β-unsaturated/α-hetero) is 1. The number of carboxylic acids is 1. The number of amides is 1. The van der Waals surface area contributed by atoms with Crippen LogP contribution >= 0.6 is 11.6 Å². The third-order valence-corrected chi connectivity index (χ3v) is 18.2. The number of hydrogen-bond acceptors (Lipinski definition) is 5. The van der Waals surface area contributed by atoms with E-state index in [9.17, 15) is 19.5 Å². The number of allylic oxidation sites excluding steroid dienone is 4. The number of carbonyl (C=O) groups excluding carboxylic acids is 3. The minimum Gasteiger partial charge on any atom is -0.481 e. The van der Waals surface area contributed by atoms with E-state index in [1.165, 1.54) is 11.1 Å². The van der Waals surface area contributed by atoms with Crippen molar-refractivity contribution in [2.45, 2.75) is 176 Å². The van der Waals surface area contributed by atoms with Gasteiger partial charge in [0.2, 0.25) is 5.78 Å². The molecule has 0 aromatic heterocycles. The van der Waals surface area contributed by atoms with E-state index in [2.05, 4.69) is 72.9 Å². The zero-order chi connectivity index (χ0) is 41.2. The molecular weight excluding hydrogens is 722 g/mol. The fourth-order valence-corrected chi connectivity index (χ4v) is 14.7. The molecule has 7 aliphatic rings. The number of carboxylic acid groups (broad SMARTS) is 1. The number of esters is 1. The van der Waals surface area contributed by atoms with E-state index in [0.29, 0.717) is 24.2 Å². The Morgan fingerprint density at radius 1 is 0.911 bits per heavy atom. The van der Waals surface area contributed by atoms with E-state index in [1.807, 2.05) is 13.0 Å². The zero-order valence-electron chi connectivity index (χ0n) is 36.3. The monoisotopic (exact) mass is 791 g/mol. The Morgan fingerprint density at radius 3 is 2.18 bits per heavy atom. The van der Waals surface area contributed by atoms with E-state index in [1.54, 1.807) is 13.8 Å². The van der Waals surface area contributed by atoms with E-state index in [0.717, 1.165) is 76.2 Å². The van der Waals surface area contributed by atoms with Crippen molar-refractivity contribution in [3.63, 3.8) is 0 Å². The Labute approximate surface area is 341 Å². The number of rotatable bonds is 9. The fraction of sp³-hybridized carbons (Fsp3) is 0.792. The number of ketones is 1. The molecule has 0 aromatic rings. The summed E-state index contributed by atoms with van der Waals surface area (Å²) in [6.45, 7) is 24.2. The van der Waals surface area contributed by atoms with Gasteiger partial charge in [0.1, 0.15) is 6.10 Å². The molecule has 7 aliphatic carbocycles. The van der Waals surface area contributed by atoms with Crippen molar-refractivity contribution in [3.05, 3.63) is 34.9 Å². The van der Waals surface area contributed by atoms with E-state index in [4.69, 9.17) is 16.3 Å². The summed E-state index contributed by atoms with van der Waals surface area (Å²) in [4.78, 5) is 53.9. The first-order valence-corrected chi connectivity index (χ1v) is 22.3. The molecule has 0 aromatic carbocycles. The molecule has 2 N–H and O–H groups in total. The molecule has 310 valence electrons. The van der Waals surface area contributed by atoms with Gasteiger partial charge in [-0.05, 0) is 149 Å². The molecule has 5 fully saturated rings. The molecule has 8 heteroatoms. The average Bonchev–Trinajstić information content (AvgIpc) is 3.79. The Bertz CT molecular complexity index is 1800. The third kappa shape index (κ3) is 6.14. The van der Waals surface area contributed by atoms with Crippen LogP contribution in [0.15, 0.2) is 34.9 Å². The molecule has 56 heavy (non-hydrogen) atoms. The normalized spacial score (nSPS) is 42.1. The third-order valence-electron chi connectivity index (χ3n) is 17.9. The molecule has 1 amide bonds. The molecule has 0 aliphatic heterocycles. The van der Waals surface area contributed by atoms with Gasteiger partial charge in [-0.1, -0.05) is 84.8 Å². The number of halogens is 1. The van der Waals surface area contributed by atoms with Gasteiger partial charge in [-0.15, -0.1) is 11.6 Å². The summed E-state index contributed by atoms with van der Waals surface area (Å²) in [7, 11) is 0. The van der Waals surface area contributed by atoms with Gasteiger partial charge in [-0.3, -0.25) is 19.2 Å². The zero-order valence-corrected chi connectivity index (χ0v) is 37.0. The summed E-state index contributed by atoms with van der Waals surface area (Å²) >= 11 is 6.59. The highest BCUT2D eigenvalue weighted by Crippen LogP contribution is 2.77. The standard InChI is InChI=1S/C48H70ClNO6/c1-28(2)36-29(3)26-47(38(52)39(53)50-48(24-25-48)30-14-18-43(8,49)19-15-30)23-22-45(10)31(37(36)47)12-13-33-44(9)20-17-34(56-35(51)27-41(4,5)40(54)55)42(6,7)32(44)16-21-46(33,45)11/h14-15,18,28-29,31-34H,12-13,16-17,19-27H2,1-11H3,(H,50,53)(H,54,55)/t29?,31?,32?,33-,34?,43?,44+,45-,46-,47?/m1/s1. The minimum atomic E-state index is -1.17. The molecule has 7 nitrogen and oxygen atoms in total. The van der Waals surface area contributed by atoms with Crippen molar-refractivity contribution in [2.24, 2.45) is 62.1 Å². The molecule has 0 radical (unpaired) electrons. The second kappa shape index (κ2) is 13.3. The van der Waals surface area contributed by atoms with Gasteiger partial charge in [-0.25, -0.2) is 0 Å². The summed E-state index contributed by atoms with van der Waals surface area (Å²) in [6, 6.07) is 0. The molecule has 0 heterocycles. The van der Waals surface area contributed by atoms with Gasteiger partial charge >= 0.3 is 11.9 Å². The van der Waals surface area contributed by atoms with Crippen molar-refractivity contribution < 1.29 is 29.0 Å². The van der Waals surface area contributed by atoms with Gasteiger partial charge in [0.15, 0.2) is 0 Å².